The van der Waals surface area contributed by atoms with Crippen LogP contribution in [0.2, 0.25) is 0 Å². The summed E-state index contributed by atoms with van der Waals surface area (Å²) in [5, 5.41) is 7.18. The van der Waals surface area contributed by atoms with Crippen molar-refractivity contribution in [3.05, 3.63) is 23.4 Å². The van der Waals surface area contributed by atoms with Crippen molar-refractivity contribution in [3.63, 3.8) is 0 Å². The number of imide groups is 1. The highest BCUT2D eigenvalue weighted by Gasteiger charge is 2.39. The minimum Gasteiger partial charge on any atom is -0.341 e. The molecule has 9 heteroatoms. The van der Waals surface area contributed by atoms with E-state index in [1.807, 2.05) is 0 Å². The summed E-state index contributed by atoms with van der Waals surface area (Å²) in [5.41, 5.74) is 0.894. The molecule has 3 heterocycles. The maximum absolute atomic E-state index is 12.4. The van der Waals surface area contributed by atoms with Gasteiger partial charge in [0.05, 0.1) is 17.8 Å². The summed E-state index contributed by atoms with van der Waals surface area (Å²) in [6.45, 7) is 0.170. The molecule has 1 saturated heterocycles. The molecule has 2 aliphatic rings. The number of rotatable bonds is 2. The first-order valence-electron chi connectivity index (χ1n) is 7.13. The molecule has 0 bridgehead atoms. The zero-order chi connectivity index (χ0) is 16.6. The van der Waals surface area contributed by atoms with Crippen LogP contribution in [0.3, 0.4) is 0 Å². The lowest BCUT2D eigenvalue weighted by atomic mass is 10.0. The molecule has 1 aromatic heterocycles. The quantitative estimate of drug-likeness (QED) is 0.641. The molecule has 0 saturated carbocycles. The molecule has 3 N–H and O–H groups in total. The number of urea groups is 1. The second-order valence-corrected chi connectivity index (χ2v) is 5.29. The number of anilines is 1. The molecule has 9 nitrogen and oxygen atoms in total. The van der Waals surface area contributed by atoms with Gasteiger partial charge in [0.25, 0.3) is 5.91 Å². The van der Waals surface area contributed by atoms with Crippen LogP contribution in [0.5, 0.6) is 0 Å². The Bertz CT molecular complexity index is 717. The molecule has 1 atom stereocenters. The lowest BCUT2D eigenvalue weighted by molar-refractivity contribution is -0.136. The number of carbonyl (C=O) groups excluding carboxylic acids is 4. The summed E-state index contributed by atoms with van der Waals surface area (Å²) in [6.07, 6.45) is 0.501. The van der Waals surface area contributed by atoms with Crippen molar-refractivity contribution in [2.24, 2.45) is 0 Å². The molecule has 3 rings (SSSR count). The van der Waals surface area contributed by atoms with Gasteiger partial charge in [0.1, 0.15) is 11.9 Å². The third-order valence-corrected chi connectivity index (χ3v) is 3.84. The number of amides is 5. The lowest BCUT2D eigenvalue weighted by Gasteiger charge is -2.29. The molecule has 5 amide bonds. The Morgan fingerprint density at radius 1 is 1.35 bits per heavy atom. The summed E-state index contributed by atoms with van der Waals surface area (Å²) in [5.74, 6) is -0.772. The molecular formula is C14H15N5O4. The number of nitrogens with zero attached hydrogens (tertiary/aromatic N) is 2. The molecule has 2 aliphatic heterocycles. The minimum atomic E-state index is -0.676. The fraction of sp³-hybridized carbons (Fsp3) is 0.357. The Hall–Kier alpha value is -2.97. The molecule has 1 fully saturated rings. The highest BCUT2D eigenvalue weighted by molar-refractivity contribution is 6.05. The summed E-state index contributed by atoms with van der Waals surface area (Å²) in [6, 6.07) is 2.01. The highest BCUT2D eigenvalue weighted by atomic mass is 16.2. The average Bonchev–Trinajstić information content (AvgIpc) is 2.83. The van der Waals surface area contributed by atoms with Gasteiger partial charge in [0.15, 0.2) is 0 Å². The number of aromatic nitrogens is 1. The zero-order valence-electron chi connectivity index (χ0n) is 12.4. The SMILES string of the molecule is CNC(=O)Nc1ccc2c(n1)CN(C1CCC(=O)NC1=O)C2=O. The molecule has 0 radical (unpaired) electrons. The standard InChI is InChI=1S/C14H15N5O4/c1-15-14(23)17-10-4-2-7-8(16-10)6-19(13(7)22)9-3-5-11(20)18-12(9)21/h2,4,9H,3,5-6H2,1H3,(H,18,20,21)(H2,15,16,17,23). The normalized spacial score (nSPS) is 20.1. The second-order valence-electron chi connectivity index (χ2n) is 5.29. The number of nitrogens with one attached hydrogen (secondary N) is 3. The summed E-state index contributed by atoms with van der Waals surface area (Å²) in [7, 11) is 1.48. The van der Waals surface area contributed by atoms with E-state index in [0.29, 0.717) is 23.5 Å². The van der Waals surface area contributed by atoms with Crippen LogP contribution >= 0.6 is 0 Å². The fourth-order valence-corrected chi connectivity index (χ4v) is 2.68. The van der Waals surface area contributed by atoms with Gasteiger partial charge in [-0.25, -0.2) is 9.78 Å². The van der Waals surface area contributed by atoms with Gasteiger partial charge in [0.2, 0.25) is 11.8 Å². The Kier molecular flexibility index (Phi) is 3.68. The fourth-order valence-electron chi connectivity index (χ4n) is 2.68. The van der Waals surface area contributed by atoms with E-state index in [1.54, 1.807) is 6.07 Å². The van der Waals surface area contributed by atoms with Crippen molar-refractivity contribution < 1.29 is 19.2 Å². The number of hydrogen-bond donors (Lipinski definition) is 3. The maximum atomic E-state index is 12.4. The van der Waals surface area contributed by atoms with Crippen LogP contribution in [-0.4, -0.2) is 46.7 Å². The van der Waals surface area contributed by atoms with E-state index in [0.717, 1.165) is 0 Å². The molecule has 1 unspecified atom stereocenters. The van der Waals surface area contributed by atoms with Crippen molar-refractivity contribution in [3.8, 4) is 0 Å². The molecule has 120 valence electrons. The Morgan fingerprint density at radius 3 is 2.83 bits per heavy atom. The van der Waals surface area contributed by atoms with Gasteiger partial charge in [-0.3, -0.25) is 25.0 Å². The van der Waals surface area contributed by atoms with Crippen LogP contribution in [0, 0.1) is 0 Å². The van der Waals surface area contributed by atoms with Gasteiger partial charge < -0.3 is 10.2 Å². The van der Waals surface area contributed by atoms with E-state index in [9.17, 15) is 19.2 Å². The van der Waals surface area contributed by atoms with Crippen molar-refractivity contribution in [2.45, 2.75) is 25.4 Å². The number of hydrogen-bond acceptors (Lipinski definition) is 5. The predicted octanol–water partition coefficient (Wildman–Crippen LogP) is -0.406. The van der Waals surface area contributed by atoms with Crippen LogP contribution in [0.15, 0.2) is 12.1 Å². The summed E-state index contributed by atoms with van der Waals surface area (Å²) < 4.78 is 0. The third kappa shape index (κ3) is 2.72. The molecule has 1 aromatic rings. The summed E-state index contributed by atoms with van der Waals surface area (Å²) >= 11 is 0. The van der Waals surface area contributed by atoms with E-state index in [4.69, 9.17) is 0 Å². The molecule has 23 heavy (non-hydrogen) atoms. The largest absolute Gasteiger partial charge is 0.341 e. The molecule has 0 aliphatic carbocycles. The lowest BCUT2D eigenvalue weighted by Crippen LogP contribution is -2.52. The Labute approximate surface area is 131 Å². The molecule has 0 aromatic carbocycles. The van der Waals surface area contributed by atoms with Gasteiger partial charge in [-0.2, -0.15) is 0 Å². The van der Waals surface area contributed by atoms with Gasteiger partial charge in [0, 0.05) is 13.5 Å². The third-order valence-electron chi connectivity index (χ3n) is 3.84. The first kappa shape index (κ1) is 14.9. The van der Waals surface area contributed by atoms with Crippen molar-refractivity contribution in [1.82, 2.24) is 20.5 Å². The second kappa shape index (κ2) is 5.67. The maximum Gasteiger partial charge on any atom is 0.320 e. The topological polar surface area (TPSA) is 120 Å². The van der Waals surface area contributed by atoms with E-state index in [1.165, 1.54) is 18.0 Å². The monoisotopic (exact) mass is 317 g/mol. The molecule has 0 spiro atoms. The van der Waals surface area contributed by atoms with E-state index >= 15 is 0 Å². The van der Waals surface area contributed by atoms with Gasteiger partial charge in [-0.1, -0.05) is 0 Å². The van der Waals surface area contributed by atoms with E-state index in [-0.39, 0.29) is 24.8 Å². The van der Waals surface area contributed by atoms with Crippen LogP contribution in [0.4, 0.5) is 10.6 Å². The minimum absolute atomic E-state index is 0.170. The van der Waals surface area contributed by atoms with E-state index < -0.39 is 18.0 Å². The van der Waals surface area contributed by atoms with Gasteiger partial charge in [-0.15, -0.1) is 0 Å². The van der Waals surface area contributed by atoms with Crippen LogP contribution in [0.25, 0.3) is 0 Å². The predicted molar refractivity (Wildman–Crippen MR) is 78.4 cm³/mol. The number of piperidine rings is 1. The highest BCUT2D eigenvalue weighted by Crippen LogP contribution is 2.27. The van der Waals surface area contributed by atoms with Gasteiger partial charge >= 0.3 is 6.03 Å². The first-order chi connectivity index (χ1) is 11.0. The average molecular weight is 317 g/mol. The number of fused-ring (bicyclic) bond motifs is 1. The van der Waals surface area contributed by atoms with Crippen molar-refractivity contribution >= 4 is 29.6 Å². The Morgan fingerprint density at radius 2 is 2.13 bits per heavy atom. The van der Waals surface area contributed by atoms with Crippen LogP contribution in [-0.2, 0) is 16.1 Å². The first-order valence-corrected chi connectivity index (χ1v) is 7.13. The van der Waals surface area contributed by atoms with Crippen LogP contribution < -0.4 is 16.0 Å². The van der Waals surface area contributed by atoms with E-state index in [2.05, 4.69) is 20.9 Å². The number of carbonyl (C=O) groups is 4. The van der Waals surface area contributed by atoms with Crippen LogP contribution in [0.1, 0.15) is 28.9 Å². The zero-order valence-corrected chi connectivity index (χ0v) is 12.4. The van der Waals surface area contributed by atoms with Crippen molar-refractivity contribution in [2.75, 3.05) is 12.4 Å². The smallest absolute Gasteiger partial charge is 0.320 e. The van der Waals surface area contributed by atoms with Gasteiger partial charge in [-0.05, 0) is 18.6 Å². The number of pyridine rings is 1. The Balaban J connectivity index is 1.80. The van der Waals surface area contributed by atoms with Crippen molar-refractivity contribution in [1.29, 1.82) is 0 Å². The summed E-state index contributed by atoms with van der Waals surface area (Å²) in [4.78, 5) is 52.5. The molecular weight excluding hydrogens is 302 g/mol.